The zero-order chi connectivity index (χ0) is 14.8. The molecule has 0 saturated carbocycles. The Hall–Kier alpha value is -0.620. The molecule has 6 heteroatoms. The van der Waals surface area contributed by atoms with Gasteiger partial charge in [-0.2, -0.15) is 4.31 Å². The average Bonchev–Trinajstić information content (AvgIpc) is 2.47. The van der Waals surface area contributed by atoms with Crippen LogP contribution < -0.4 is 0 Å². The van der Waals surface area contributed by atoms with Gasteiger partial charge in [-0.3, -0.25) is 0 Å². The number of piperidine rings is 1. The number of nitrogens with zero attached hydrogens (tertiary/aromatic N) is 1. The van der Waals surface area contributed by atoms with E-state index in [0.717, 1.165) is 6.42 Å². The minimum Gasteiger partial charge on any atom is -0.396 e. The van der Waals surface area contributed by atoms with E-state index in [4.69, 9.17) is 11.6 Å². The van der Waals surface area contributed by atoms with Crippen LogP contribution in [-0.4, -0.2) is 37.5 Å². The van der Waals surface area contributed by atoms with Gasteiger partial charge in [0.15, 0.2) is 0 Å². The molecule has 112 valence electrons. The van der Waals surface area contributed by atoms with Gasteiger partial charge >= 0.3 is 0 Å². The van der Waals surface area contributed by atoms with E-state index in [9.17, 15) is 13.5 Å². The number of hydrogen-bond acceptors (Lipinski definition) is 3. The molecule has 1 saturated heterocycles. The predicted octanol–water partition coefficient (Wildman–Crippen LogP) is 2.51. The van der Waals surface area contributed by atoms with Crippen LogP contribution in [0.1, 0.15) is 26.2 Å². The van der Waals surface area contributed by atoms with E-state index >= 15 is 0 Å². The first-order valence-corrected chi connectivity index (χ1v) is 8.62. The van der Waals surface area contributed by atoms with Crippen LogP contribution in [0, 0.1) is 5.41 Å². The highest BCUT2D eigenvalue weighted by Gasteiger charge is 2.36. The monoisotopic (exact) mass is 317 g/mol. The maximum atomic E-state index is 12.5. The van der Waals surface area contributed by atoms with Crippen molar-refractivity contribution in [3.05, 3.63) is 29.3 Å². The summed E-state index contributed by atoms with van der Waals surface area (Å²) >= 11 is 5.86. The summed E-state index contributed by atoms with van der Waals surface area (Å²) in [5.41, 5.74) is -0.125. The standard InChI is InChI=1S/C14H20ClNO3S/c1-2-14(11-17)6-8-16(9-7-14)20(18,19)13-5-3-4-12(15)10-13/h3-5,10,17H,2,6-9,11H2,1H3. The summed E-state index contributed by atoms with van der Waals surface area (Å²) in [4.78, 5) is 0.234. The van der Waals surface area contributed by atoms with Crippen LogP contribution in [0.4, 0.5) is 0 Å². The molecule has 0 radical (unpaired) electrons. The second kappa shape index (κ2) is 6.02. The first kappa shape index (κ1) is 15.8. The molecule has 1 aromatic carbocycles. The molecule has 0 amide bonds. The molecule has 1 aliphatic rings. The van der Waals surface area contributed by atoms with Crippen molar-refractivity contribution in [3.63, 3.8) is 0 Å². The second-order valence-corrected chi connectivity index (χ2v) is 7.75. The molecule has 0 aromatic heterocycles. The number of benzene rings is 1. The average molecular weight is 318 g/mol. The number of aliphatic hydroxyl groups is 1. The van der Waals surface area contributed by atoms with Gasteiger partial charge in [-0.25, -0.2) is 8.42 Å². The zero-order valence-electron chi connectivity index (χ0n) is 11.5. The molecule has 0 bridgehead atoms. The summed E-state index contributed by atoms with van der Waals surface area (Å²) in [6.45, 7) is 3.05. The molecule has 20 heavy (non-hydrogen) atoms. The number of hydrogen-bond donors (Lipinski definition) is 1. The number of rotatable bonds is 4. The Morgan fingerprint density at radius 3 is 2.50 bits per heavy atom. The molecular weight excluding hydrogens is 298 g/mol. The van der Waals surface area contributed by atoms with Gasteiger partial charge < -0.3 is 5.11 Å². The van der Waals surface area contributed by atoms with Gasteiger partial charge in [0.1, 0.15) is 0 Å². The predicted molar refractivity (Wildman–Crippen MR) is 79.3 cm³/mol. The summed E-state index contributed by atoms with van der Waals surface area (Å²) in [5, 5.41) is 9.92. The van der Waals surface area contributed by atoms with Crippen LogP contribution in [0.3, 0.4) is 0 Å². The van der Waals surface area contributed by atoms with E-state index in [1.54, 1.807) is 18.2 Å². The lowest BCUT2D eigenvalue weighted by atomic mass is 9.77. The Balaban J connectivity index is 2.17. The summed E-state index contributed by atoms with van der Waals surface area (Å²) in [5.74, 6) is 0. The fourth-order valence-corrected chi connectivity index (χ4v) is 4.34. The van der Waals surface area contributed by atoms with Gasteiger partial charge in [0.25, 0.3) is 0 Å². The zero-order valence-corrected chi connectivity index (χ0v) is 13.1. The Morgan fingerprint density at radius 1 is 1.35 bits per heavy atom. The minimum atomic E-state index is -3.48. The number of aliphatic hydroxyl groups excluding tert-OH is 1. The molecule has 0 unspecified atom stereocenters. The van der Waals surface area contributed by atoms with Crippen LogP contribution in [0.25, 0.3) is 0 Å². The third-order valence-electron chi connectivity index (χ3n) is 4.30. The summed E-state index contributed by atoms with van der Waals surface area (Å²) in [6.07, 6.45) is 2.26. The molecular formula is C14H20ClNO3S. The normalized spacial score (nSPS) is 19.9. The quantitative estimate of drug-likeness (QED) is 0.928. The van der Waals surface area contributed by atoms with Gasteiger partial charge in [-0.05, 0) is 42.9 Å². The van der Waals surface area contributed by atoms with E-state index in [1.807, 2.05) is 6.92 Å². The largest absolute Gasteiger partial charge is 0.396 e. The molecule has 0 atom stereocenters. The van der Waals surface area contributed by atoms with Crippen molar-refractivity contribution in [1.29, 1.82) is 0 Å². The maximum Gasteiger partial charge on any atom is 0.243 e. The first-order valence-electron chi connectivity index (χ1n) is 6.80. The SMILES string of the molecule is CCC1(CO)CCN(S(=O)(=O)c2cccc(Cl)c2)CC1. The Morgan fingerprint density at radius 2 is 2.00 bits per heavy atom. The highest BCUT2D eigenvalue weighted by atomic mass is 35.5. The van der Waals surface area contributed by atoms with E-state index in [0.29, 0.717) is 31.0 Å². The molecule has 1 N–H and O–H groups in total. The lowest BCUT2D eigenvalue weighted by Gasteiger charge is -2.39. The minimum absolute atomic E-state index is 0.120. The molecule has 4 nitrogen and oxygen atoms in total. The van der Waals surface area contributed by atoms with E-state index in [-0.39, 0.29) is 16.9 Å². The fraction of sp³-hybridized carbons (Fsp3) is 0.571. The maximum absolute atomic E-state index is 12.5. The first-order chi connectivity index (χ1) is 9.43. The highest BCUT2D eigenvalue weighted by Crippen LogP contribution is 2.36. The van der Waals surface area contributed by atoms with Crippen LogP contribution in [0.2, 0.25) is 5.02 Å². The summed E-state index contributed by atoms with van der Waals surface area (Å²) in [6, 6.07) is 6.34. The Bertz CT molecular complexity index is 560. The van der Waals surface area contributed by atoms with Gasteiger partial charge in [0.2, 0.25) is 10.0 Å². The lowest BCUT2D eigenvalue weighted by Crippen LogP contribution is -2.44. The molecule has 1 aliphatic heterocycles. The van der Waals surface area contributed by atoms with Crippen molar-refractivity contribution in [2.24, 2.45) is 5.41 Å². The smallest absolute Gasteiger partial charge is 0.243 e. The third-order valence-corrected chi connectivity index (χ3v) is 6.43. The topological polar surface area (TPSA) is 57.6 Å². The van der Waals surface area contributed by atoms with E-state index in [2.05, 4.69) is 0 Å². The van der Waals surface area contributed by atoms with Crippen molar-refractivity contribution in [2.45, 2.75) is 31.1 Å². The Labute approximate surface area is 125 Å². The molecule has 0 spiro atoms. The summed E-state index contributed by atoms with van der Waals surface area (Å²) < 4.78 is 26.6. The van der Waals surface area contributed by atoms with Crippen molar-refractivity contribution in [1.82, 2.24) is 4.31 Å². The van der Waals surface area contributed by atoms with Gasteiger partial charge in [-0.15, -0.1) is 0 Å². The van der Waals surface area contributed by atoms with Gasteiger partial charge in [0.05, 0.1) is 4.90 Å². The van der Waals surface area contributed by atoms with Gasteiger partial charge in [-0.1, -0.05) is 24.6 Å². The van der Waals surface area contributed by atoms with Crippen molar-refractivity contribution in [3.8, 4) is 0 Å². The summed E-state index contributed by atoms with van der Waals surface area (Å²) in [7, 11) is -3.48. The van der Waals surface area contributed by atoms with Crippen molar-refractivity contribution < 1.29 is 13.5 Å². The van der Waals surface area contributed by atoms with Crippen LogP contribution >= 0.6 is 11.6 Å². The van der Waals surface area contributed by atoms with Crippen LogP contribution in [-0.2, 0) is 10.0 Å². The lowest BCUT2D eigenvalue weighted by molar-refractivity contribution is 0.0647. The van der Waals surface area contributed by atoms with Crippen molar-refractivity contribution in [2.75, 3.05) is 19.7 Å². The van der Waals surface area contributed by atoms with Crippen molar-refractivity contribution >= 4 is 21.6 Å². The van der Waals surface area contributed by atoms with E-state index < -0.39 is 10.0 Å². The fourth-order valence-electron chi connectivity index (χ4n) is 2.60. The highest BCUT2D eigenvalue weighted by molar-refractivity contribution is 7.89. The molecule has 1 aromatic rings. The molecule has 1 fully saturated rings. The van der Waals surface area contributed by atoms with E-state index in [1.165, 1.54) is 10.4 Å². The van der Waals surface area contributed by atoms with Crippen LogP contribution in [0.5, 0.6) is 0 Å². The molecule has 1 heterocycles. The number of sulfonamides is 1. The Kier molecular flexibility index (Phi) is 4.74. The third kappa shape index (κ3) is 3.01. The van der Waals surface area contributed by atoms with Gasteiger partial charge in [0, 0.05) is 24.7 Å². The molecule has 0 aliphatic carbocycles. The van der Waals surface area contributed by atoms with Crippen LogP contribution in [0.15, 0.2) is 29.2 Å². The number of halogens is 1. The molecule has 2 rings (SSSR count). The second-order valence-electron chi connectivity index (χ2n) is 5.37.